The molecule has 0 aliphatic carbocycles. The van der Waals surface area contributed by atoms with Crippen molar-refractivity contribution in [2.24, 2.45) is 5.73 Å². The number of benzene rings is 2. The lowest BCUT2D eigenvalue weighted by molar-refractivity contribution is -0.123. The maximum atomic E-state index is 11.8. The van der Waals surface area contributed by atoms with E-state index in [1.54, 1.807) is 0 Å². The van der Waals surface area contributed by atoms with E-state index in [-0.39, 0.29) is 12.5 Å². The van der Waals surface area contributed by atoms with E-state index in [0.717, 1.165) is 24.0 Å². The minimum absolute atomic E-state index is 0.0203. The molecule has 22 heavy (non-hydrogen) atoms. The number of amides is 1. The summed E-state index contributed by atoms with van der Waals surface area (Å²) in [5.74, 6) is 0.602. The highest BCUT2D eigenvalue weighted by atomic mass is 16.5. The molecule has 0 saturated carbocycles. The molecule has 0 saturated heterocycles. The largest absolute Gasteiger partial charge is 0.483 e. The van der Waals surface area contributed by atoms with Gasteiger partial charge in [0.2, 0.25) is 0 Å². The normalized spacial score (nSPS) is 10.2. The van der Waals surface area contributed by atoms with Crippen LogP contribution >= 0.6 is 0 Å². The first-order valence-corrected chi connectivity index (χ1v) is 7.55. The Labute approximate surface area is 131 Å². The van der Waals surface area contributed by atoms with Crippen molar-refractivity contribution in [1.82, 2.24) is 5.32 Å². The van der Waals surface area contributed by atoms with E-state index < -0.39 is 0 Å². The number of carbonyl (C=O) groups excluding carboxylic acids is 1. The van der Waals surface area contributed by atoms with Crippen LogP contribution in [0.4, 0.5) is 0 Å². The Bertz CT molecular complexity index is 585. The summed E-state index contributed by atoms with van der Waals surface area (Å²) in [7, 11) is 0. The van der Waals surface area contributed by atoms with Gasteiger partial charge in [0, 0.05) is 12.1 Å². The van der Waals surface area contributed by atoms with Crippen LogP contribution in [0, 0.1) is 0 Å². The Morgan fingerprint density at radius 2 is 1.73 bits per heavy atom. The fourth-order valence-electron chi connectivity index (χ4n) is 2.14. The first-order chi connectivity index (χ1) is 10.8. The Morgan fingerprint density at radius 3 is 2.50 bits per heavy atom. The van der Waals surface area contributed by atoms with E-state index in [1.165, 1.54) is 0 Å². The molecule has 0 aromatic heterocycles. The standard InChI is InChI=1S/C18H22N2O2/c19-12-6-7-13-20-18(21)14-22-17-11-5-4-10-16(17)15-8-2-1-3-9-15/h1-5,8-11H,6-7,12-14,19H2,(H,20,21). The van der Waals surface area contributed by atoms with Gasteiger partial charge < -0.3 is 15.8 Å². The molecule has 1 amide bonds. The number of hydrogen-bond acceptors (Lipinski definition) is 3. The molecule has 2 aromatic rings. The van der Waals surface area contributed by atoms with Crippen molar-refractivity contribution in [1.29, 1.82) is 0 Å². The number of hydrogen-bond donors (Lipinski definition) is 2. The average Bonchev–Trinajstić information content (AvgIpc) is 2.58. The maximum Gasteiger partial charge on any atom is 0.257 e. The zero-order valence-corrected chi connectivity index (χ0v) is 12.6. The van der Waals surface area contributed by atoms with Crippen LogP contribution in [0.25, 0.3) is 11.1 Å². The number of nitrogens with two attached hydrogens (primary N) is 1. The van der Waals surface area contributed by atoms with Gasteiger partial charge >= 0.3 is 0 Å². The lowest BCUT2D eigenvalue weighted by atomic mass is 10.1. The quantitative estimate of drug-likeness (QED) is 0.736. The second-order valence-electron chi connectivity index (χ2n) is 5.00. The van der Waals surface area contributed by atoms with Gasteiger partial charge in [-0.15, -0.1) is 0 Å². The molecular formula is C18H22N2O2. The predicted molar refractivity (Wildman–Crippen MR) is 88.7 cm³/mol. The lowest BCUT2D eigenvalue weighted by Gasteiger charge is -2.11. The molecule has 116 valence electrons. The van der Waals surface area contributed by atoms with Gasteiger partial charge in [-0.3, -0.25) is 4.79 Å². The van der Waals surface area contributed by atoms with E-state index in [4.69, 9.17) is 10.5 Å². The number of para-hydroxylation sites is 1. The van der Waals surface area contributed by atoms with Gasteiger partial charge in [0.05, 0.1) is 0 Å². The van der Waals surface area contributed by atoms with Crippen LogP contribution in [0.5, 0.6) is 5.75 Å². The van der Waals surface area contributed by atoms with Crippen molar-refractivity contribution in [3.8, 4) is 16.9 Å². The van der Waals surface area contributed by atoms with Gasteiger partial charge in [-0.2, -0.15) is 0 Å². The smallest absolute Gasteiger partial charge is 0.257 e. The Hall–Kier alpha value is -2.33. The summed E-state index contributed by atoms with van der Waals surface area (Å²) < 4.78 is 5.67. The van der Waals surface area contributed by atoms with Crippen molar-refractivity contribution in [3.05, 3.63) is 54.6 Å². The molecule has 4 heteroatoms. The van der Waals surface area contributed by atoms with Crippen LogP contribution in [-0.2, 0) is 4.79 Å². The van der Waals surface area contributed by atoms with Gasteiger partial charge in [0.25, 0.3) is 5.91 Å². The summed E-state index contributed by atoms with van der Waals surface area (Å²) in [4.78, 5) is 11.8. The second-order valence-corrected chi connectivity index (χ2v) is 5.00. The van der Waals surface area contributed by atoms with Crippen LogP contribution in [0.2, 0.25) is 0 Å². The molecule has 0 atom stereocenters. The van der Waals surface area contributed by atoms with E-state index in [0.29, 0.717) is 18.8 Å². The van der Waals surface area contributed by atoms with Crippen LogP contribution in [0.3, 0.4) is 0 Å². The van der Waals surface area contributed by atoms with Gasteiger partial charge in [-0.1, -0.05) is 48.5 Å². The van der Waals surface area contributed by atoms with Gasteiger partial charge in [-0.05, 0) is 31.0 Å². The van der Waals surface area contributed by atoms with Crippen LogP contribution in [0.15, 0.2) is 54.6 Å². The van der Waals surface area contributed by atoms with Crippen LogP contribution in [-0.4, -0.2) is 25.6 Å². The maximum absolute atomic E-state index is 11.8. The van der Waals surface area contributed by atoms with E-state index in [1.807, 2.05) is 54.6 Å². The minimum Gasteiger partial charge on any atom is -0.483 e. The first kappa shape index (κ1) is 16.0. The zero-order chi connectivity index (χ0) is 15.6. The van der Waals surface area contributed by atoms with Crippen molar-refractivity contribution in [3.63, 3.8) is 0 Å². The van der Waals surface area contributed by atoms with E-state index in [9.17, 15) is 4.79 Å². The summed E-state index contributed by atoms with van der Waals surface area (Å²) in [5, 5.41) is 2.83. The van der Waals surface area contributed by atoms with Crippen molar-refractivity contribution in [2.75, 3.05) is 19.7 Å². The molecule has 3 N–H and O–H groups in total. The molecule has 0 radical (unpaired) electrons. The Morgan fingerprint density at radius 1 is 1.00 bits per heavy atom. The third kappa shape index (κ3) is 4.90. The van der Waals surface area contributed by atoms with Crippen molar-refractivity contribution < 1.29 is 9.53 Å². The third-order valence-corrected chi connectivity index (χ3v) is 3.28. The Kier molecular flexibility index (Phi) is 6.45. The molecule has 0 bridgehead atoms. The molecular weight excluding hydrogens is 276 g/mol. The van der Waals surface area contributed by atoms with Crippen LogP contribution < -0.4 is 15.8 Å². The third-order valence-electron chi connectivity index (χ3n) is 3.28. The first-order valence-electron chi connectivity index (χ1n) is 7.55. The van der Waals surface area contributed by atoms with E-state index >= 15 is 0 Å². The SMILES string of the molecule is NCCCCNC(=O)COc1ccccc1-c1ccccc1. The summed E-state index contributed by atoms with van der Waals surface area (Å²) in [6, 6.07) is 17.7. The van der Waals surface area contributed by atoms with Crippen LogP contribution in [0.1, 0.15) is 12.8 Å². The lowest BCUT2D eigenvalue weighted by Crippen LogP contribution is -2.30. The number of unbranched alkanes of at least 4 members (excludes halogenated alkanes) is 1. The highest BCUT2D eigenvalue weighted by Crippen LogP contribution is 2.29. The molecule has 0 spiro atoms. The molecule has 0 aliphatic rings. The van der Waals surface area contributed by atoms with E-state index in [2.05, 4.69) is 5.32 Å². The van der Waals surface area contributed by atoms with Crippen molar-refractivity contribution >= 4 is 5.91 Å². The number of nitrogens with one attached hydrogen (secondary N) is 1. The highest BCUT2D eigenvalue weighted by molar-refractivity contribution is 5.78. The monoisotopic (exact) mass is 298 g/mol. The second kappa shape index (κ2) is 8.85. The average molecular weight is 298 g/mol. The number of rotatable bonds is 8. The molecule has 4 nitrogen and oxygen atoms in total. The topological polar surface area (TPSA) is 64.3 Å². The summed E-state index contributed by atoms with van der Waals surface area (Å²) in [6.07, 6.45) is 1.81. The fourth-order valence-corrected chi connectivity index (χ4v) is 2.14. The molecule has 2 aromatic carbocycles. The molecule has 0 heterocycles. The zero-order valence-electron chi connectivity index (χ0n) is 12.6. The summed E-state index contributed by atoms with van der Waals surface area (Å²) >= 11 is 0. The van der Waals surface area contributed by atoms with Gasteiger partial charge in [0.15, 0.2) is 6.61 Å². The highest BCUT2D eigenvalue weighted by Gasteiger charge is 2.07. The summed E-state index contributed by atoms with van der Waals surface area (Å²) in [5.41, 5.74) is 7.47. The predicted octanol–water partition coefficient (Wildman–Crippen LogP) is 2.59. The number of ether oxygens (including phenoxy) is 1. The number of carbonyl (C=O) groups is 1. The minimum atomic E-state index is -0.111. The molecule has 2 rings (SSSR count). The Balaban J connectivity index is 1.92. The fraction of sp³-hybridized carbons (Fsp3) is 0.278. The molecule has 0 fully saturated rings. The van der Waals surface area contributed by atoms with Crippen molar-refractivity contribution in [2.45, 2.75) is 12.8 Å². The van der Waals surface area contributed by atoms with Gasteiger partial charge in [0.1, 0.15) is 5.75 Å². The van der Waals surface area contributed by atoms with Gasteiger partial charge in [-0.25, -0.2) is 0 Å². The summed E-state index contributed by atoms with van der Waals surface area (Å²) in [6.45, 7) is 1.31. The molecule has 0 aliphatic heterocycles. The molecule has 0 unspecified atom stereocenters.